The van der Waals surface area contributed by atoms with Crippen LogP contribution >= 0.6 is 0 Å². The quantitative estimate of drug-likeness (QED) is 0.387. The van der Waals surface area contributed by atoms with E-state index in [0.29, 0.717) is 16.9 Å². The molecule has 0 aliphatic carbocycles. The molecule has 0 bridgehead atoms. The summed E-state index contributed by atoms with van der Waals surface area (Å²) in [5.41, 5.74) is 6.45. The molecule has 0 atom stereocenters. The number of nitrogens with two attached hydrogens (primary N) is 1. The van der Waals surface area contributed by atoms with Gasteiger partial charge in [-0.25, -0.2) is 0 Å². The Morgan fingerprint density at radius 1 is 1.03 bits per heavy atom. The second-order valence-electron chi connectivity index (χ2n) is 6.42. The zero-order valence-electron chi connectivity index (χ0n) is 16.4. The molecule has 8 heteroatoms. The average molecular weight is 416 g/mol. The first-order valence-corrected chi connectivity index (χ1v) is 10.6. The standard InChI is InChI=1S/C17H14N2O4S.C4H11N/c1-11-10-13(24(21,22)23)7-8-15(11)18-19-17-14-5-3-2-4-12(14)6-9-16(17)20;1-2-3-4-5/h2-10,20H,1H3,(H,21,22,23);2-5H2,1H3. The predicted molar refractivity (Wildman–Crippen MR) is 115 cm³/mol. The number of hydrogen-bond acceptors (Lipinski definition) is 6. The van der Waals surface area contributed by atoms with Gasteiger partial charge in [0, 0.05) is 5.39 Å². The molecule has 3 aromatic carbocycles. The first kappa shape index (κ1) is 22.5. The van der Waals surface area contributed by atoms with Gasteiger partial charge in [0.2, 0.25) is 0 Å². The molecule has 0 saturated heterocycles. The summed E-state index contributed by atoms with van der Waals surface area (Å²) < 4.78 is 31.3. The molecule has 7 nitrogen and oxygen atoms in total. The van der Waals surface area contributed by atoms with Crippen LogP contribution in [0.2, 0.25) is 0 Å². The largest absolute Gasteiger partial charge is 0.506 e. The van der Waals surface area contributed by atoms with E-state index in [0.717, 1.165) is 17.3 Å². The van der Waals surface area contributed by atoms with Crippen molar-refractivity contribution in [1.29, 1.82) is 0 Å². The first-order chi connectivity index (χ1) is 13.8. The van der Waals surface area contributed by atoms with Gasteiger partial charge >= 0.3 is 0 Å². The van der Waals surface area contributed by atoms with Gasteiger partial charge in [-0.15, -0.1) is 5.11 Å². The summed E-state index contributed by atoms with van der Waals surface area (Å²) in [6.07, 6.45) is 2.39. The summed E-state index contributed by atoms with van der Waals surface area (Å²) >= 11 is 0. The van der Waals surface area contributed by atoms with Crippen LogP contribution in [0.4, 0.5) is 11.4 Å². The normalized spacial score (nSPS) is 11.4. The third kappa shape index (κ3) is 6.08. The van der Waals surface area contributed by atoms with Gasteiger partial charge in [0.05, 0.1) is 10.6 Å². The van der Waals surface area contributed by atoms with Crippen molar-refractivity contribution in [3.05, 3.63) is 60.2 Å². The van der Waals surface area contributed by atoms with E-state index in [1.54, 1.807) is 19.1 Å². The van der Waals surface area contributed by atoms with Crippen LogP contribution in [0.25, 0.3) is 10.8 Å². The Morgan fingerprint density at radius 2 is 1.76 bits per heavy atom. The van der Waals surface area contributed by atoms with Crippen molar-refractivity contribution >= 4 is 32.3 Å². The number of unbranched alkanes of at least 4 members (excludes halogenated alkanes) is 1. The highest BCUT2D eigenvalue weighted by molar-refractivity contribution is 7.85. The fraction of sp³-hybridized carbons (Fsp3) is 0.238. The van der Waals surface area contributed by atoms with Crippen molar-refractivity contribution in [1.82, 2.24) is 0 Å². The Bertz CT molecular complexity index is 1110. The van der Waals surface area contributed by atoms with E-state index in [1.165, 1.54) is 31.0 Å². The molecule has 3 rings (SSSR count). The molecule has 0 amide bonds. The summed E-state index contributed by atoms with van der Waals surface area (Å²) in [6.45, 7) is 4.63. The van der Waals surface area contributed by atoms with Crippen molar-refractivity contribution in [2.45, 2.75) is 31.6 Å². The Hall–Kier alpha value is -2.81. The van der Waals surface area contributed by atoms with Crippen molar-refractivity contribution in [2.75, 3.05) is 6.54 Å². The van der Waals surface area contributed by atoms with Gasteiger partial charge in [0.25, 0.3) is 10.1 Å². The number of nitrogens with zero attached hydrogens (tertiary/aromatic N) is 2. The van der Waals surface area contributed by atoms with Crippen LogP contribution in [-0.4, -0.2) is 24.6 Å². The number of rotatable bonds is 5. The molecule has 0 aromatic heterocycles. The minimum Gasteiger partial charge on any atom is -0.506 e. The number of fused-ring (bicyclic) bond motifs is 1. The first-order valence-electron chi connectivity index (χ1n) is 9.18. The zero-order chi connectivity index (χ0) is 21.4. The van der Waals surface area contributed by atoms with Crippen LogP contribution in [0.3, 0.4) is 0 Å². The summed E-state index contributed by atoms with van der Waals surface area (Å²) in [5, 5.41) is 19.9. The number of hydrogen-bond donors (Lipinski definition) is 3. The van der Waals surface area contributed by atoms with Gasteiger partial charge in [0.1, 0.15) is 11.4 Å². The molecular weight excluding hydrogens is 390 g/mol. The Balaban J connectivity index is 0.000000537. The van der Waals surface area contributed by atoms with E-state index in [9.17, 15) is 13.5 Å². The van der Waals surface area contributed by atoms with E-state index >= 15 is 0 Å². The van der Waals surface area contributed by atoms with Crippen molar-refractivity contribution < 1.29 is 18.1 Å². The third-order valence-electron chi connectivity index (χ3n) is 4.16. The summed E-state index contributed by atoms with van der Waals surface area (Å²) in [6, 6.07) is 14.8. The van der Waals surface area contributed by atoms with Crippen molar-refractivity contribution in [2.24, 2.45) is 16.0 Å². The van der Waals surface area contributed by atoms with E-state index < -0.39 is 10.1 Å². The van der Waals surface area contributed by atoms with Gasteiger partial charge < -0.3 is 10.8 Å². The van der Waals surface area contributed by atoms with Crippen LogP contribution in [0, 0.1) is 6.92 Å². The number of aromatic hydroxyl groups is 1. The van der Waals surface area contributed by atoms with Gasteiger partial charge in [-0.3, -0.25) is 4.55 Å². The molecule has 0 radical (unpaired) electrons. The molecular formula is C21H25N3O4S. The highest BCUT2D eigenvalue weighted by Gasteiger charge is 2.11. The topological polar surface area (TPSA) is 125 Å². The number of aryl methyl sites for hydroxylation is 1. The second-order valence-corrected chi connectivity index (χ2v) is 7.84. The molecule has 29 heavy (non-hydrogen) atoms. The van der Waals surface area contributed by atoms with E-state index in [-0.39, 0.29) is 10.6 Å². The lowest BCUT2D eigenvalue weighted by Crippen LogP contribution is -1.97. The second kappa shape index (κ2) is 10.1. The van der Waals surface area contributed by atoms with Gasteiger partial charge in [0.15, 0.2) is 0 Å². The number of phenolic OH excluding ortho intramolecular Hbond substituents is 1. The smallest absolute Gasteiger partial charge is 0.294 e. The molecule has 0 heterocycles. The van der Waals surface area contributed by atoms with Gasteiger partial charge in [-0.1, -0.05) is 43.7 Å². The molecule has 0 saturated carbocycles. The molecule has 0 fully saturated rings. The van der Waals surface area contributed by atoms with E-state index in [4.69, 9.17) is 10.3 Å². The molecule has 4 N–H and O–H groups in total. The van der Waals surface area contributed by atoms with Crippen LogP contribution in [-0.2, 0) is 10.1 Å². The zero-order valence-corrected chi connectivity index (χ0v) is 17.2. The highest BCUT2D eigenvalue weighted by atomic mass is 32.2. The summed E-state index contributed by atoms with van der Waals surface area (Å²) in [7, 11) is -4.26. The maximum atomic E-state index is 11.1. The Kier molecular flexibility index (Phi) is 7.83. The van der Waals surface area contributed by atoms with Crippen LogP contribution < -0.4 is 5.73 Å². The van der Waals surface area contributed by atoms with Crippen LogP contribution in [0.5, 0.6) is 5.75 Å². The van der Waals surface area contributed by atoms with Crippen LogP contribution in [0.1, 0.15) is 25.3 Å². The predicted octanol–water partition coefficient (Wildman–Crippen LogP) is 5.26. The Labute approximate surface area is 170 Å². The fourth-order valence-corrected chi connectivity index (χ4v) is 3.12. The maximum absolute atomic E-state index is 11.1. The highest BCUT2D eigenvalue weighted by Crippen LogP contribution is 2.36. The number of azo groups is 1. The SMILES string of the molecule is CCCCN.Cc1cc(S(=O)(=O)O)ccc1N=Nc1c(O)ccc2ccccc12. The van der Waals surface area contributed by atoms with Crippen molar-refractivity contribution in [3.63, 3.8) is 0 Å². The molecule has 0 unspecified atom stereocenters. The maximum Gasteiger partial charge on any atom is 0.294 e. The molecule has 0 aliphatic heterocycles. The van der Waals surface area contributed by atoms with Crippen LogP contribution in [0.15, 0.2) is 69.7 Å². The minimum atomic E-state index is -4.26. The number of phenols is 1. The van der Waals surface area contributed by atoms with E-state index in [1.807, 2.05) is 24.3 Å². The molecule has 0 spiro atoms. The summed E-state index contributed by atoms with van der Waals surface area (Å²) in [5.74, 6) is 0.00431. The monoisotopic (exact) mass is 415 g/mol. The van der Waals surface area contributed by atoms with Gasteiger partial charge in [-0.05, 0) is 55.1 Å². The fourth-order valence-electron chi connectivity index (χ4n) is 2.56. The molecule has 154 valence electrons. The minimum absolute atomic E-state index is 0.00431. The third-order valence-corrected chi connectivity index (χ3v) is 5.01. The summed E-state index contributed by atoms with van der Waals surface area (Å²) in [4.78, 5) is -0.202. The van der Waals surface area contributed by atoms with E-state index in [2.05, 4.69) is 17.2 Å². The average Bonchev–Trinajstić information content (AvgIpc) is 2.68. The molecule has 0 aliphatic rings. The Morgan fingerprint density at radius 3 is 2.34 bits per heavy atom. The lowest BCUT2D eigenvalue weighted by molar-refractivity contribution is 0.477. The lowest BCUT2D eigenvalue weighted by atomic mass is 10.1. The van der Waals surface area contributed by atoms with Gasteiger partial charge in [-0.2, -0.15) is 13.5 Å². The number of benzene rings is 3. The van der Waals surface area contributed by atoms with Crippen molar-refractivity contribution in [3.8, 4) is 5.75 Å². The molecule has 3 aromatic rings. The lowest BCUT2D eigenvalue weighted by Gasteiger charge is -2.05.